The molecule has 2 aliphatic carbocycles. The van der Waals surface area contributed by atoms with E-state index in [0.29, 0.717) is 11.6 Å². The van der Waals surface area contributed by atoms with Gasteiger partial charge < -0.3 is 5.32 Å². The minimum Gasteiger partial charge on any atom is -0.308 e. The van der Waals surface area contributed by atoms with Crippen LogP contribution in [0.3, 0.4) is 0 Å². The largest absolute Gasteiger partial charge is 0.308 e. The molecule has 0 amide bonds. The first-order valence-electron chi connectivity index (χ1n) is 8.48. The molecule has 1 atom stereocenters. The highest BCUT2D eigenvalue weighted by atomic mass is 19.1. The van der Waals surface area contributed by atoms with Gasteiger partial charge in [-0.3, -0.25) is 4.90 Å². The summed E-state index contributed by atoms with van der Waals surface area (Å²) in [6.07, 6.45) is 8.08. The second kappa shape index (κ2) is 5.36. The van der Waals surface area contributed by atoms with Gasteiger partial charge in [0.1, 0.15) is 5.82 Å². The normalized spacial score (nSPS) is 29.1. The molecule has 4 rings (SSSR count). The van der Waals surface area contributed by atoms with Gasteiger partial charge in [-0.25, -0.2) is 4.39 Å². The van der Waals surface area contributed by atoms with Crippen LogP contribution in [0.4, 0.5) is 4.39 Å². The Morgan fingerprint density at radius 2 is 2.05 bits per heavy atom. The maximum atomic E-state index is 13.5. The molecule has 3 aliphatic rings. The fourth-order valence-corrected chi connectivity index (χ4v) is 4.39. The monoisotopic (exact) mass is 288 g/mol. The van der Waals surface area contributed by atoms with Gasteiger partial charge in [0.15, 0.2) is 0 Å². The van der Waals surface area contributed by atoms with Gasteiger partial charge in [0.05, 0.1) is 0 Å². The van der Waals surface area contributed by atoms with Crippen LogP contribution in [-0.4, -0.2) is 29.6 Å². The predicted molar refractivity (Wildman–Crippen MR) is 82.5 cm³/mol. The van der Waals surface area contributed by atoms with E-state index in [1.807, 2.05) is 6.07 Å². The minimum atomic E-state index is -0.110. The Bertz CT molecular complexity index is 506. The molecule has 0 aromatic heterocycles. The number of nitrogens with zero attached hydrogens (tertiary/aromatic N) is 1. The van der Waals surface area contributed by atoms with E-state index in [4.69, 9.17) is 0 Å². The van der Waals surface area contributed by atoms with Crippen LogP contribution in [0.5, 0.6) is 0 Å². The van der Waals surface area contributed by atoms with Crippen LogP contribution >= 0.6 is 0 Å². The van der Waals surface area contributed by atoms with E-state index in [2.05, 4.69) is 16.3 Å². The molecule has 1 aromatic carbocycles. The van der Waals surface area contributed by atoms with Gasteiger partial charge in [-0.2, -0.15) is 0 Å². The Kier molecular flexibility index (Phi) is 3.50. The Hall–Kier alpha value is -0.930. The van der Waals surface area contributed by atoms with Gasteiger partial charge in [-0.1, -0.05) is 25.0 Å². The zero-order valence-electron chi connectivity index (χ0n) is 12.7. The summed E-state index contributed by atoms with van der Waals surface area (Å²) >= 11 is 0. The summed E-state index contributed by atoms with van der Waals surface area (Å²) in [5.41, 5.74) is 1.47. The van der Waals surface area contributed by atoms with Crippen LogP contribution in [0.15, 0.2) is 24.3 Å². The molecule has 21 heavy (non-hydrogen) atoms. The molecule has 3 fully saturated rings. The van der Waals surface area contributed by atoms with Crippen LogP contribution in [0, 0.1) is 11.7 Å². The molecule has 1 aliphatic heterocycles. The Morgan fingerprint density at radius 3 is 2.76 bits per heavy atom. The van der Waals surface area contributed by atoms with Crippen molar-refractivity contribution in [1.82, 2.24) is 10.2 Å². The fourth-order valence-electron chi connectivity index (χ4n) is 4.39. The number of piperazine rings is 1. The van der Waals surface area contributed by atoms with Gasteiger partial charge >= 0.3 is 0 Å². The van der Waals surface area contributed by atoms with Crippen molar-refractivity contribution in [3.8, 4) is 0 Å². The highest BCUT2D eigenvalue weighted by Crippen LogP contribution is 2.41. The van der Waals surface area contributed by atoms with Crippen LogP contribution in [0.1, 0.15) is 44.1 Å². The van der Waals surface area contributed by atoms with E-state index in [1.54, 1.807) is 6.07 Å². The SMILES string of the molecule is Fc1cccc(CN2CC3(CCCC3)NCC2C2CC2)c1. The van der Waals surface area contributed by atoms with Crippen LogP contribution in [-0.2, 0) is 6.54 Å². The number of benzene rings is 1. The third-order valence-electron chi connectivity index (χ3n) is 5.66. The summed E-state index contributed by atoms with van der Waals surface area (Å²) < 4.78 is 13.5. The van der Waals surface area contributed by atoms with E-state index < -0.39 is 0 Å². The summed E-state index contributed by atoms with van der Waals surface area (Å²) in [5, 5.41) is 3.88. The van der Waals surface area contributed by atoms with Crippen molar-refractivity contribution in [2.75, 3.05) is 13.1 Å². The molecule has 1 saturated heterocycles. The molecule has 2 saturated carbocycles. The second-order valence-corrected chi connectivity index (χ2v) is 7.31. The summed E-state index contributed by atoms with van der Waals surface area (Å²) in [6, 6.07) is 7.80. The van der Waals surface area contributed by atoms with Gasteiger partial charge in [0, 0.05) is 31.2 Å². The summed E-state index contributed by atoms with van der Waals surface area (Å²) in [4.78, 5) is 2.65. The molecule has 114 valence electrons. The van der Waals surface area contributed by atoms with Gasteiger partial charge in [-0.15, -0.1) is 0 Å². The zero-order valence-corrected chi connectivity index (χ0v) is 12.7. The quantitative estimate of drug-likeness (QED) is 0.918. The predicted octanol–water partition coefficient (Wildman–Crippen LogP) is 3.32. The van der Waals surface area contributed by atoms with Gasteiger partial charge in [0.2, 0.25) is 0 Å². The summed E-state index contributed by atoms with van der Waals surface area (Å²) in [7, 11) is 0. The third kappa shape index (κ3) is 2.86. The Balaban J connectivity index is 1.53. The fraction of sp³-hybridized carbons (Fsp3) is 0.667. The van der Waals surface area contributed by atoms with E-state index >= 15 is 0 Å². The molecule has 1 aromatic rings. The first kappa shape index (κ1) is 13.7. The van der Waals surface area contributed by atoms with E-state index in [1.165, 1.54) is 44.6 Å². The lowest BCUT2D eigenvalue weighted by molar-refractivity contribution is 0.0627. The Morgan fingerprint density at radius 1 is 1.24 bits per heavy atom. The first-order chi connectivity index (χ1) is 10.2. The maximum Gasteiger partial charge on any atom is 0.123 e. The molecular formula is C18H25FN2. The van der Waals surface area contributed by atoms with Crippen LogP contribution in [0.2, 0.25) is 0 Å². The van der Waals surface area contributed by atoms with E-state index in [0.717, 1.165) is 31.1 Å². The summed E-state index contributed by atoms with van der Waals surface area (Å²) in [5.74, 6) is 0.756. The molecule has 2 nitrogen and oxygen atoms in total. The van der Waals surface area contributed by atoms with Gasteiger partial charge in [0.25, 0.3) is 0 Å². The van der Waals surface area contributed by atoms with E-state index in [9.17, 15) is 4.39 Å². The maximum absolute atomic E-state index is 13.5. The first-order valence-corrected chi connectivity index (χ1v) is 8.48. The average Bonchev–Trinajstić information content (AvgIpc) is 3.21. The lowest BCUT2D eigenvalue weighted by Crippen LogP contribution is -2.63. The minimum absolute atomic E-state index is 0.110. The summed E-state index contributed by atoms with van der Waals surface area (Å²) in [6.45, 7) is 3.17. The number of hydrogen-bond acceptors (Lipinski definition) is 2. The highest BCUT2D eigenvalue weighted by molar-refractivity contribution is 5.17. The molecule has 0 bridgehead atoms. The second-order valence-electron chi connectivity index (χ2n) is 7.31. The van der Waals surface area contributed by atoms with Crippen molar-refractivity contribution in [2.24, 2.45) is 5.92 Å². The number of nitrogens with one attached hydrogen (secondary N) is 1. The smallest absolute Gasteiger partial charge is 0.123 e. The molecule has 1 spiro atoms. The van der Waals surface area contributed by atoms with Crippen molar-refractivity contribution in [3.63, 3.8) is 0 Å². The third-order valence-corrected chi connectivity index (χ3v) is 5.66. The molecule has 1 N–H and O–H groups in total. The van der Waals surface area contributed by atoms with Crippen molar-refractivity contribution < 1.29 is 4.39 Å². The number of rotatable bonds is 3. The van der Waals surface area contributed by atoms with Crippen molar-refractivity contribution in [1.29, 1.82) is 0 Å². The highest BCUT2D eigenvalue weighted by Gasteiger charge is 2.45. The molecular weight excluding hydrogens is 263 g/mol. The van der Waals surface area contributed by atoms with Crippen LogP contribution < -0.4 is 5.32 Å². The van der Waals surface area contributed by atoms with Gasteiger partial charge in [-0.05, 0) is 49.3 Å². The standard InChI is InChI=1S/C18H25FN2/c19-16-5-3-4-14(10-16)12-21-13-18(8-1-2-9-18)20-11-17(21)15-6-7-15/h3-5,10,15,17,20H,1-2,6-9,11-13H2. The molecule has 0 radical (unpaired) electrons. The number of halogens is 1. The number of hydrogen-bond donors (Lipinski definition) is 1. The molecule has 1 heterocycles. The molecule has 1 unspecified atom stereocenters. The van der Waals surface area contributed by atoms with E-state index in [-0.39, 0.29) is 5.82 Å². The Labute approximate surface area is 126 Å². The average molecular weight is 288 g/mol. The lowest BCUT2D eigenvalue weighted by Gasteiger charge is -2.47. The zero-order chi connectivity index (χ0) is 14.3. The van der Waals surface area contributed by atoms with Crippen molar-refractivity contribution in [3.05, 3.63) is 35.6 Å². The van der Waals surface area contributed by atoms with Crippen LogP contribution in [0.25, 0.3) is 0 Å². The van der Waals surface area contributed by atoms with Crippen molar-refractivity contribution >= 4 is 0 Å². The molecule has 3 heteroatoms. The topological polar surface area (TPSA) is 15.3 Å². The van der Waals surface area contributed by atoms with Crippen molar-refractivity contribution in [2.45, 2.75) is 56.7 Å². The lowest BCUT2D eigenvalue weighted by atomic mass is 9.90.